The lowest BCUT2D eigenvalue weighted by atomic mass is 10.2. The molecule has 0 aliphatic heterocycles. The van der Waals surface area contributed by atoms with E-state index in [0.717, 1.165) is 24.0 Å². The molecule has 1 aliphatic rings. The average molecular weight is 233 g/mol. The summed E-state index contributed by atoms with van der Waals surface area (Å²) in [4.78, 5) is 0. The molecule has 2 N–H and O–H groups in total. The van der Waals surface area contributed by atoms with Crippen molar-refractivity contribution in [2.75, 3.05) is 6.79 Å². The minimum absolute atomic E-state index is 0.0702. The molecule has 1 aliphatic carbocycles. The minimum atomic E-state index is 0.0702. The first-order valence-corrected chi connectivity index (χ1v) is 5.92. The Hall–Kier alpha value is -1.16. The van der Waals surface area contributed by atoms with Gasteiger partial charge in [-0.25, -0.2) is 0 Å². The average Bonchev–Trinajstić information content (AvgIpc) is 2.65. The number of benzene rings is 1. The predicted octanol–water partition coefficient (Wildman–Crippen LogP) is 2.22. The lowest BCUT2D eigenvalue weighted by molar-refractivity contribution is -0.0837. The lowest BCUT2D eigenvalue weighted by Crippen LogP contribution is -2.18. The summed E-state index contributed by atoms with van der Waals surface area (Å²) in [5.74, 6) is 0. The normalized spacial score (nSPS) is 24.2. The van der Waals surface area contributed by atoms with E-state index < -0.39 is 0 Å². The Balaban J connectivity index is 1.65. The standard InChI is InChI=1S/C14H19NO2/c1-11-7-13(15)8-14(11)17-10-16-9-12-5-3-2-4-6-12/h2-6,13-14H,1,7-10,15H2. The Kier molecular flexibility index (Phi) is 4.31. The van der Waals surface area contributed by atoms with Gasteiger partial charge in [-0.15, -0.1) is 0 Å². The second-order valence-electron chi connectivity index (χ2n) is 4.47. The van der Waals surface area contributed by atoms with Crippen molar-refractivity contribution in [2.45, 2.75) is 31.6 Å². The van der Waals surface area contributed by atoms with Crippen molar-refractivity contribution in [1.82, 2.24) is 0 Å². The first-order valence-electron chi connectivity index (χ1n) is 5.92. The number of hydrogen-bond donors (Lipinski definition) is 1. The van der Waals surface area contributed by atoms with E-state index in [-0.39, 0.29) is 12.1 Å². The van der Waals surface area contributed by atoms with Crippen molar-refractivity contribution in [3.63, 3.8) is 0 Å². The van der Waals surface area contributed by atoms with Gasteiger partial charge in [-0.05, 0) is 24.0 Å². The first-order chi connectivity index (χ1) is 8.25. The maximum absolute atomic E-state index is 5.83. The van der Waals surface area contributed by atoms with Gasteiger partial charge < -0.3 is 15.2 Å². The van der Waals surface area contributed by atoms with Crippen molar-refractivity contribution in [1.29, 1.82) is 0 Å². The van der Waals surface area contributed by atoms with Gasteiger partial charge in [-0.1, -0.05) is 36.9 Å². The Bertz CT molecular complexity index is 364. The van der Waals surface area contributed by atoms with Gasteiger partial charge >= 0.3 is 0 Å². The predicted molar refractivity (Wildman–Crippen MR) is 67.3 cm³/mol. The molecule has 2 atom stereocenters. The van der Waals surface area contributed by atoms with E-state index in [2.05, 4.69) is 6.58 Å². The van der Waals surface area contributed by atoms with Crippen molar-refractivity contribution in [3.05, 3.63) is 48.0 Å². The fourth-order valence-electron chi connectivity index (χ4n) is 2.04. The summed E-state index contributed by atoms with van der Waals surface area (Å²) in [6.07, 6.45) is 1.79. The molecule has 1 saturated carbocycles. The molecule has 1 fully saturated rings. The van der Waals surface area contributed by atoms with Crippen molar-refractivity contribution < 1.29 is 9.47 Å². The molecule has 2 unspecified atom stereocenters. The Morgan fingerprint density at radius 1 is 1.29 bits per heavy atom. The van der Waals surface area contributed by atoms with Gasteiger partial charge in [-0.3, -0.25) is 0 Å². The number of ether oxygens (including phenoxy) is 2. The molecule has 0 bridgehead atoms. The maximum atomic E-state index is 5.83. The molecule has 0 amide bonds. The van der Waals surface area contributed by atoms with Crippen LogP contribution in [-0.2, 0) is 16.1 Å². The van der Waals surface area contributed by atoms with Crippen LogP contribution in [0.2, 0.25) is 0 Å². The lowest BCUT2D eigenvalue weighted by Gasteiger charge is -2.13. The van der Waals surface area contributed by atoms with Crippen LogP contribution < -0.4 is 5.73 Å². The molecule has 3 heteroatoms. The molecule has 1 aromatic carbocycles. The van der Waals surface area contributed by atoms with Crippen LogP contribution in [-0.4, -0.2) is 18.9 Å². The summed E-state index contributed by atoms with van der Waals surface area (Å²) < 4.78 is 11.1. The third-order valence-electron chi connectivity index (χ3n) is 2.96. The largest absolute Gasteiger partial charge is 0.351 e. The molecule has 3 nitrogen and oxygen atoms in total. The van der Waals surface area contributed by atoms with E-state index in [1.165, 1.54) is 0 Å². The highest BCUT2D eigenvalue weighted by Gasteiger charge is 2.25. The third-order valence-corrected chi connectivity index (χ3v) is 2.96. The molecule has 0 saturated heterocycles. The molecule has 92 valence electrons. The fraction of sp³-hybridized carbons (Fsp3) is 0.429. The smallest absolute Gasteiger partial charge is 0.147 e. The van der Waals surface area contributed by atoms with Crippen LogP contribution in [0.1, 0.15) is 18.4 Å². The SMILES string of the molecule is C=C1CC(N)CC1OCOCc1ccccc1. The molecule has 17 heavy (non-hydrogen) atoms. The molecule has 0 radical (unpaired) electrons. The highest BCUT2D eigenvalue weighted by atomic mass is 16.7. The maximum Gasteiger partial charge on any atom is 0.147 e. The molecule has 0 spiro atoms. The zero-order chi connectivity index (χ0) is 12.1. The van der Waals surface area contributed by atoms with E-state index >= 15 is 0 Å². The summed E-state index contributed by atoms with van der Waals surface area (Å²) in [5, 5.41) is 0. The number of hydrogen-bond acceptors (Lipinski definition) is 3. The highest BCUT2D eigenvalue weighted by Crippen LogP contribution is 2.25. The number of rotatable bonds is 5. The Morgan fingerprint density at radius 3 is 2.71 bits per heavy atom. The molecular weight excluding hydrogens is 214 g/mol. The Labute approximate surface area is 102 Å². The van der Waals surface area contributed by atoms with Crippen molar-refractivity contribution in [3.8, 4) is 0 Å². The van der Waals surface area contributed by atoms with E-state index in [4.69, 9.17) is 15.2 Å². The molecule has 0 aromatic heterocycles. The van der Waals surface area contributed by atoms with Crippen LogP contribution in [0.3, 0.4) is 0 Å². The second kappa shape index (κ2) is 5.96. The van der Waals surface area contributed by atoms with Crippen LogP contribution in [0.15, 0.2) is 42.5 Å². The summed E-state index contributed by atoms with van der Waals surface area (Å²) >= 11 is 0. The molecular formula is C14H19NO2. The zero-order valence-corrected chi connectivity index (χ0v) is 9.97. The van der Waals surface area contributed by atoms with Gasteiger partial charge in [0.15, 0.2) is 0 Å². The molecule has 0 heterocycles. The summed E-state index contributed by atoms with van der Waals surface area (Å²) in [5.41, 5.74) is 8.06. The van der Waals surface area contributed by atoms with Gasteiger partial charge in [0.2, 0.25) is 0 Å². The summed E-state index contributed by atoms with van der Waals surface area (Å²) in [7, 11) is 0. The zero-order valence-electron chi connectivity index (χ0n) is 9.97. The van der Waals surface area contributed by atoms with E-state index in [9.17, 15) is 0 Å². The van der Waals surface area contributed by atoms with Gasteiger partial charge in [0.1, 0.15) is 6.79 Å². The molecule has 1 aromatic rings. The summed E-state index contributed by atoms with van der Waals surface area (Å²) in [6, 6.07) is 10.2. The third kappa shape index (κ3) is 3.66. The van der Waals surface area contributed by atoms with Gasteiger partial charge in [0.25, 0.3) is 0 Å². The second-order valence-corrected chi connectivity index (χ2v) is 4.47. The first kappa shape index (κ1) is 12.3. The highest BCUT2D eigenvalue weighted by molar-refractivity contribution is 5.13. The topological polar surface area (TPSA) is 44.5 Å². The Morgan fingerprint density at radius 2 is 2.06 bits per heavy atom. The number of nitrogens with two attached hydrogens (primary N) is 1. The van der Waals surface area contributed by atoms with Crippen LogP contribution >= 0.6 is 0 Å². The minimum Gasteiger partial charge on any atom is -0.351 e. The van der Waals surface area contributed by atoms with Gasteiger partial charge in [0, 0.05) is 6.04 Å². The van der Waals surface area contributed by atoms with E-state index in [1.54, 1.807) is 0 Å². The van der Waals surface area contributed by atoms with Crippen LogP contribution in [0, 0.1) is 0 Å². The van der Waals surface area contributed by atoms with Crippen molar-refractivity contribution >= 4 is 0 Å². The van der Waals surface area contributed by atoms with E-state index in [0.29, 0.717) is 13.4 Å². The monoisotopic (exact) mass is 233 g/mol. The van der Waals surface area contributed by atoms with Crippen molar-refractivity contribution in [2.24, 2.45) is 5.73 Å². The van der Waals surface area contributed by atoms with Crippen LogP contribution in [0.5, 0.6) is 0 Å². The van der Waals surface area contributed by atoms with E-state index in [1.807, 2.05) is 30.3 Å². The van der Waals surface area contributed by atoms with Crippen LogP contribution in [0.4, 0.5) is 0 Å². The quantitative estimate of drug-likeness (QED) is 0.482. The van der Waals surface area contributed by atoms with Gasteiger partial charge in [0.05, 0.1) is 12.7 Å². The van der Waals surface area contributed by atoms with Gasteiger partial charge in [-0.2, -0.15) is 0 Å². The fourth-order valence-corrected chi connectivity index (χ4v) is 2.04. The summed E-state index contributed by atoms with van der Waals surface area (Å²) in [6.45, 7) is 4.83. The molecule has 2 rings (SSSR count). The van der Waals surface area contributed by atoms with Crippen LogP contribution in [0.25, 0.3) is 0 Å².